The van der Waals surface area contributed by atoms with Crippen LogP contribution in [0.5, 0.6) is 0 Å². The molecule has 0 N–H and O–H groups in total. The Morgan fingerprint density at radius 3 is 2.38 bits per heavy atom. The number of hydrogen-bond donors (Lipinski definition) is 0. The largest absolute Gasteiger partial charge is 0.0625 e. The molecular weight excluding hydrogens is 156 g/mol. The van der Waals surface area contributed by atoms with Gasteiger partial charge in [-0.1, -0.05) is 33.6 Å². The molecule has 0 aromatic heterocycles. The third kappa shape index (κ3) is 1.78. The molecule has 76 valence electrons. The summed E-state index contributed by atoms with van der Waals surface area (Å²) in [6.07, 6.45) is 7.58. The maximum Gasteiger partial charge on any atom is -0.0357 e. The molecule has 0 aliphatic heterocycles. The summed E-state index contributed by atoms with van der Waals surface area (Å²) >= 11 is 0. The number of hydrogen-bond acceptors (Lipinski definition) is 0. The van der Waals surface area contributed by atoms with Crippen molar-refractivity contribution >= 4 is 0 Å². The van der Waals surface area contributed by atoms with E-state index in [0.717, 1.165) is 29.6 Å². The predicted molar refractivity (Wildman–Crippen MR) is 57.6 cm³/mol. The van der Waals surface area contributed by atoms with Crippen LogP contribution in [0.25, 0.3) is 0 Å². The summed E-state index contributed by atoms with van der Waals surface area (Å²) in [6.45, 7) is 7.40. The molecular formula is C13H24. The minimum Gasteiger partial charge on any atom is -0.0625 e. The fourth-order valence-electron chi connectivity index (χ4n) is 3.71. The summed E-state index contributed by atoms with van der Waals surface area (Å²) < 4.78 is 0. The smallest absolute Gasteiger partial charge is 0.0357 e. The molecule has 0 spiro atoms. The Kier molecular flexibility index (Phi) is 2.67. The molecule has 0 aromatic carbocycles. The van der Waals surface area contributed by atoms with Crippen molar-refractivity contribution in [1.29, 1.82) is 0 Å². The van der Waals surface area contributed by atoms with E-state index in [0.29, 0.717) is 0 Å². The van der Waals surface area contributed by atoms with Crippen LogP contribution in [0.2, 0.25) is 0 Å². The molecule has 2 saturated carbocycles. The lowest BCUT2D eigenvalue weighted by molar-refractivity contribution is 0.0543. The Morgan fingerprint density at radius 1 is 0.846 bits per heavy atom. The average molecular weight is 180 g/mol. The lowest BCUT2D eigenvalue weighted by Gasteiger charge is -2.45. The van der Waals surface area contributed by atoms with Gasteiger partial charge in [0.2, 0.25) is 0 Å². The zero-order chi connectivity index (χ0) is 9.42. The van der Waals surface area contributed by atoms with Crippen LogP contribution in [0.3, 0.4) is 0 Å². The Balaban J connectivity index is 2.02. The van der Waals surface area contributed by atoms with Crippen LogP contribution in [-0.4, -0.2) is 0 Å². The van der Waals surface area contributed by atoms with Gasteiger partial charge in [0.25, 0.3) is 0 Å². The standard InChI is InChI=1S/C13H24/c1-9-4-7-13-11(3)10(2)5-6-12(13)8-9/h9-13H,4-8H2,1-3H3. The predicted octanol–water partition coefficient (Wildman–Crippen LogP) is 4.10. The van der Waals surface area contributed by atoms with Crippen LogP contribution in [0.4, 0.5) is 0 Å². The second-order valence-electron chi connectivity index (χ2n) is 5.76. The average Bonchev–Trinajstić information content (AvgIpc) is 2.12. The van der Waals surface area contributed by atoms with Crippen molar-refractivity contribution in [3.8, 4) is 0 Å². The minimum absolute atomic E-state index is 0.995. The van der Waals surface area contributed by atoms with Crippen LogP contribution in [0, 0.1) is 29.6 Å². The summed E-state index contributed by atoms with van der Waals surface area (Å²) in [7, 11) is 0. The molecule has 5 unspecified atom stereocenters. The molecule has 0 heteroatoms. The lowest BCUT2D eigenvalue weighted by atomic mass is 9.61. The highest BCUT2D eigenvalue weighted by atomic mass is 14.4. The third-order valence-electron chi connectivity index (χ3n) is 4.87. The van der Waals surface area contributed by atoms with Gasteiger partial charge in [-0.2, -0.15) is 0 Å². The minimum atomic E-state index is 0.995. The van der Waals surface area contributed by atoms with E-state index in [4.69, 9.17) is 0 Å². The first-order valence-electron chi connectivity index (χ1n) is 6.18. The molecule has 0 saturated heterocycles. The molecule has 0 amide bonds. The van der Waals surface area contributed by atoms with Crippen LogP contribution in [0.1, 0.15) is 52.9 Å². The second kappa shape index (κ2) is 3.63. The van der Waals surface area contributed by atoms with Crippen molar-refractivity contribution in [2.75, 3.05) is 0 Å². The topological polar surface area (TPSA) is 0 Å². The van der Waals surface area contributed by atoms with Gasteiger partial charge < -0.3 is 0 Å². The maximum atomic E-state index is 2.50. The SMILES string of the molecule is CC1CCC2C(CCC(C)C2C)C1. The van der Waals surface area contributed by atoms with Gasteiger partial charge in [-0.05, 0) is 48.9 Å². The quantitative estimate of drug-likeness (QED) is 0.526. The zero-order valence-electron chi connectivity index (χ0n) is 9.42. The monoisotopic (exact) mass is 180 g/mol. The van der Waals surface area contributed by atoms with E-state index in [1.807, 2.05) is 0 Å². The molecule has 0 aromatic rings. The fraction of sp³-hybridized carbons (Fsp3) is 1.00. The third-order valence-corrected chi connectivity index (χ3v) is 4.87. The van der Waals surface area contributed by atoms with Crippen LogP contribution >= 0.6 is 0 Å². The highest BCUT2D eigenvalue weighted by Crippen LogP contribution is 2.47. The molecule has 0 bridgehead atoms. The van der Waals surface area contributed by atoms with E-state index >= 15 is 0 Å². The van der Waals surface area contributed by atoms with E-state index in [-0.39, 0.29) is 0 Å². The van der Waals surface area contributed by atoms with Gasteiger partial charge in [0, 0.05) is 0 Å². The van der Waals surface area contributed by atoms with Gasteiger partial charge in [0.15, 0.2) is 0 Å². The van der Waals surface area contributed by atoms with Crippen molar-refractivity contribution in [3.05, 3.63) is 0 Å². The first-order valence-corrected chi connectivity index (χ1v) is 6.18. The van der Waals surface area contributed by atoms with Crippen molar-refractivity contribution < 1.29 is 0 Å². The highest BCUT2D eigenvalue weighted by molar-refractivity contribution is 4.87. The van der Waals surface area contributed by atoms with Gasteiger partial charge in [-0.15, -0.1) is 0 Å². The van der Waals surface area contributed by atoms with Gasteiger partial charge in [0.1, 0.15) is 0 Å². The summed E-state index contributed by atoms with van der Waals surface area (Å²) in [5, 5.41) is 0. The summed E-state index contributed by atoms with van der Waals surface area (Å²) in [5.41, 5.74) is 0. The molecule has 0 heterocycles. The van der Waals surface area contributed by atoms with Gasteiger partial charge in [0.05, 0.1) is 0 Å². The Bertz CT molecular complexity index is 173. The Labute approximate surface area is 83.1 Å². The molecule has 2 fully saturated rings. The first-order chi connectivity index (χ1) is 6.18. The van der Waals surface area contributed by atoms with Gasteiger partial charge in [-0.3, -0.25) is 0 Å². The molecule has 2 rings (SSSR count). The van der Waals surface area contributed by atoms with Crippen LogP contribution < -0.4 is 0 Å². The summed E-state index contributed by atoms with van der Waals surface area (Å²) in [6, 6.07) is 0. The molecule has 2 aliphatic carbocycles. The molecule has 13 heavy (non-hydrogen) atoms. The van der Waals surface area contributed by atoms with Crippen LogP contribution in [-0.2, 0) is 0 Å². The van der Waals surface area contributed by atoms with E-state index < -0.39 is 0 Å². The summed E-state index contributed by atoms with van der Waals surface area (Å²) in [4.78, 5) is 0. The number of rotatable bonds is 0. The lowest BCUT2D eigenvalue weighted by Crippen LogP contribution is -2.35. The van der Waals surface area contributed by atoms with E-state index in [9.17, 15) is 0 Å². The summed E-state index contributed by atoms with van der Waals surface area (Å²) in [5.74, 6) is 5.19. The van der Waals surface area contributed by atoms with Crippen molar-refractivity contribution in [3.63, 3.8) is 0 Å². The van der Waals surface area contributed by atoms with Crippen molar-refractivity contribution in [1.82, 2.24) is 0 Å². The second-order valence-corrected chi connectivity index (χ2v) is 5.76. The first kappa shape index (κ1) is 9.55. The van der Waals surface area contributed by atoms with E-state index in [1.54, 1.807) is 0 Å². The molecule has 5 atom stereocenters. The number of fused-ring (bicyclic) bond motifs is 1. The normalized spacial score (nSPS) is 51.5. The Hall–Kier alpha value is 0. The zero-order valence-corrected chi connectivity index (χ0v) is 9.42. The Morgan fingerprint density at radius 2 is 1.62 bits per heavy atom. The van der Waals surface area contributed by atoms with Gasteiger partial charge >= 0.3 is 0 Å². The fourth-order valence-corrected chi connectivity index (χ4v) is 3.71. The van der Waals surface area contributed by atoms with E-state index in [2.05, 4.69) is 20.8 Å². The van der Waals surface area contributed by atoms with E-state index in [1.165, 1.54) is 32.1 Å². The molecule has 0 radical (unpaired) electrons. The molecule has 0 nitrogen and oxygen atoms in total. The van der Waals surface area contributed by atoms with Crippen molar-refractivity contribution in [2.24, 2.45) is 29.6 Å². The van der Waals surface area contributed by atoms with Crippen LogP contribution in [0.15, 0.2) is 0 Å². The van der Waals surface area contributed by atoms with Crippen molar-refractivity contribution in [2.45, 2.75) is 52.9 Å². The van der Waals surface area contributed by atoms with Gasteiger partial charge in [-0.25, -0.2) is 0 Å². The molecule has 2 aliphatic rings. The highest BCUT2D eigenvalue weighted by Gasteiger charge is 2.37. The maximum absolute atomic E-state index is 2.50.